The predicted molar refractivity (Wildman–Crippen MR) is 29.8 cm³/mol. The molecule has 1 heterocycles. The van der Waals surface area contributed by atoms with Crippen molar-refractivity contribution in [2.45, 2.75) is 18.4 Å². The van der Waals surface area contributed by atoms with Gasteiger partial charge in [0.1, 0.15) is 11.8 Å². The Labute approximate surface area is 73.6 Å². The van der Waals surface area contributed by atoms with Crippen molar-refractivity contribution in [3.05, 3.63) is 11.8 Å². The van der Waals surface area contributed by atoms with Crippen LogP contribution < -0.4 is 5.32 Å². The first kappa shape index (κ1) is 10.9. The lowest BCUT2D eigenvalue weighted by atomic mass is 10.1. The van der Waals surface area contributed by atoms with Crippen LogP contribution in [0, 0.1) is 6.20 Å². The molecule has 0 N–H and O–H groups in total. The number of hydrogen-bond donors (Lipinski definition) is 0. The topological polar surface area (TPSA) is 31.2 Å². The van der Waals surface area contributed by atoms with Gasteiger partial charge in [-0.3, -0.25) is 10.1 Å². The van der Waals surface area contributed by atoms with Gasteiger partial charge in [0.25, 0.3) is 0 Å². The van der Waals surface area contributed by atoms with E-state index in [-0.39, 0.29) is 0 Å². The molecule has 78 valence electrons. The van der Waals surface area contributed by atoms with E-state index in [1.54, 1.807) is 0 Å². The van der Waals surface area contributed by atoms with Crippen molar-refractivity contribution >= 4 is 5.78 Å². The van der Waals surface area contributed by atoms with Crippen molar-refractivity contribution < 1.29 is 31.1 Å². The molecule has 1 aliphatic rings. The van der Waals surface area contributed by atoms with Gasteiger partial charge in [0.2, 0.25) is 11.8 Å². The maximum absolute atomic E-state index is 11.8. The molecule has 0 saturated heterocycles. The molecule has 2 nitrogen and oxygen atoms in total. The molecule has 1 atom stereocenters. The Morgan fingerprint density at radius 1 is 1.14 bits per heavy atom. The molecule has 0 aliphatic carbocycles. The van der Waals surface area contributed by atoms with Gasteiger partial charge in [0.05, 0.1) is 0 Å². The summed E-state index contributed by atoms with van der Waals surface area (Å²) in [7, 11) is 0. The zero-order chi connectivity index (χ0) is 11.1. The maximum Gasteiger partial charge on any atom is 0.422 e. The van der Waals surface area contributed by atoms with Crippen molar-refractivity contribution in [3.8, 4) is 0 Å². The highest BCUT2D eigenvalue weighted by molar-refractivity contribution is 6.02. The second-order valence-corrected chi connectivity index (χ2v) is 2.42. The lowest BCUT2D eigenvalue weighted by molar-refractivity contribution is -0.164. The zero-order valence-corrected chi connectivity index (χ0v) is 6.20. The Hall–Kier alpha value is -1.21. The van der Waals surface area contributed by atoms with Crippen molar-refractivity contribution in [2.75, 3.05) is 0 Å². The monoisotopic (exact) mass is 217 g/mol. The molecule has 0 amide bonds. The molecule has 0 bridgehead atoms. The minimum atomic E-state index is -5.14. The van der Waals surface area contributed by atoms with Crippen LogP contribution in [0.3, 0.4) is 0 Å². The standard InChI is InChI=1S/C6HF6NO/c7-5(8,9)2-1-13-4(3(2)14)6(10,11)12/h4H. The Morgan fingerprint density at radius 3 is 1.86 bits per heavy atom. The molecular weight excluding hydrogens is 216 g/mol. The first-order chi connectivity index (χ1) is 6.14. The summed E-state index contributed by atoms with van der Waals surface area (Å²) in [5.41, 5.74) is -1.99. The van der Waals surface area contributed by atoms with Gasteiger partial charge in [-0.25, -0.2) is 0 Å². The summed E-state index contributed by atoms with van der Waals surface area (Å²) in [4.78, 5) is 10.6. The summed E-state index contributed by atoms with van der Waals surface area (Å²) in [6, 6.07) is -2.96. The number of carbonyl (C=O) groups is 1. The van der Waals surface area contributed by atoms with Gasteiger partial charge in [-0.2, -0.15) is 26.3 Å². The number of rotatable bonds is 0. The molecular formula is C6HF6NO. The van der Waals surface area contributed by atoms with Gasteiger partial charge in [0.15, 0.2) is 0 Å². The smallest absolute Gasteiger partial charge is 0.291 e. The minimum Gasteiger partial charge on any atom is -0.291 e. The van der Waals surface area contributed by atoms with Gasteiger partial charge in [-0.05, 0) is 0 Å². The number of hydrogen-bond acceptors (Lipinski definition) is 1. The van der Waals surface area contributed by atoms with Crippen molar-refractivity contribution in [3.63, 3.8) is 0 Å². The van der Waals surface area contributed by atoms with Crippen molar-refractivity contribution in [2.24, 2.45) is 0 Å². The van der Waals surface area contributed by atoms with E-state index in [1.807, 2.05) is 0 Å². The van der Waals surface area contributed by atoms with E-state index in [9.17, 15) is 31.1 Å². The number of halogens is 6. The molecule has 0 aromatic carbocycles. The second kappa shape index (κ2) is 2.89. The molecule has 8 heteroatoms. The zero-order valence-electron chi connectivity index (χ0n) is 6.20. The van der Waals surface area contributed by atoms with Gasteiger partial charge >= 0.3 is 12.4 Å². The predicted octanol–water partition coefficient (Wildman–Crippen LogP) is 1.35. The van der Waals surface area contributed by atoms with Crippen LogP contribution in [0.5, 0.6) is 0 Å². The van der Waals surface area contributed by atoms with Crippen LogP contribution in [0.15, 0.2) is 5.57 Å². The van der Waals surface area contributed by atoms with E-state index in [1.165, 1.54) is 0 Å². The molecule has 14 heavy (non-hydrogen) atoms. The summed E-state index contributed by atoms with van der Waals surface area (Å²) < 4.78 is 71.0. The highest BCUT2D eigenvalue weighted by atomic mass is 19.4. The third-order valence-corrected chi connectivity index (χ3v) is 1.39. The molecule has 1 unspecified atom stereocenters. The van der Waals surface area contributed by atoms with Crippen LogP contribution in [-0.2, 0) is 4.79 Å². The molecule has 0 fully saturated rings. The average Bonchev–Trinajstić information content (AvgIpc) is 2.26. The van der Waals surface area contributed by atoms with Crippen LogP contribution in [0.4, 0.5) is 26.3 Å². The molecule has 0 aromatic heterocycles. The fraction of sp³-hybridized carbons (Fsp3) is 0.500. The highest BCUT2D eigenvalue weighted by Crippen LogP contribution is 2.34. The first-order valence-electron chi connectivity index (χ1n) is 3.15. The van der Waals surface area contributed by atoms with Gasteiger partial charge < -0.3 is 0 Å². The van der Waals surface area contributed by atoms with Crippen LogP contribution >= 0.6 is 0 Å². The first-order valence-corrected chi connectivity index (χ1v) is 3.15. The molecule has 0 aromatic rings. The van der Waals surface area contributed by atoms with E-state index in [0.717, 1.165) is 6.20 Å². The average molecular weight is 217 g/mol. The van der Waals surface area contributed by atoms with Crippen LogP contribution in [0.25, 0.3) is 0 Å². The fourth-order valence-electron chi connectivity index (χ4n) is 0.804. The summed E-state index contributed by atoms with van der Waals surface area (Å²) in [5, 5.41) is 2.35. The molecule has 1 aliphatic heterocycles. The third-order valence-electron chi connectivity index (χ3n) is 1.39. The number of Topliss-reactive ketones (excluding diaryl/α,β-unsaturated/α-hetero) is 1. The summed E-state index contributed by atoms with van der Waals surface area (Å²) in [6.07, 6.45) is -9.19. The lowest BCUT2D eigenvalue weighted by Crippen LogP contribution is -2.40. The minimum absolute atomic E-state index is 1.05. The lowest BCUT2D eigenvalue weighted by Gasteiger charge is -2.12. The molecule has 2 radical (unpaired) electrons. The van der Waals surface area contributed by atoms with E-state index in [2.05, 4.69) is 5.32 Å². The fourth-order valence-corrected chi connectivity index (χ4v) is 0.804. The second-order valence-electron chi connectivity index (χ2n) is 2.42. The molecule has 0 saturated carbocycles. The maximum atomic E-state index is 11.8. The molecule has 1 rings (SSSR count). The van der Waals surface area contributed by atoms with Crippen molar-refractivity contribution in [1.29, 1.82) is 0 Å². The number of nitrogens with zero attached hydrogens (tertiary/aromatic N) is 1. The largest absolute Gasteiger partial charge is 0.422 e. The van der Waals surface area contributed by atoms with Gasteiger partial charge in [-0.15, -0.1) is 0 Å². The SMILES string of the molecule is O=C1C(C(F)(F)F)=[C][N]C1C(F)(F)F. The summed E-state index contributed by atoms with van der Waals surface area (Å²) in [6.45, 7) is 0. The van der Waals surface area contributed by atoms with E-state index >= 15 is 0 Å². The Kier molecular flexibility index (Phi) is 2.24. The Balaban J connectivity index is 2.88. The van der Waals surface area contributed by atoms with Gasteiger partial charge in [-0.1, -0.05) is 0 Å². The highest BCUT2D eigenvalue weighted by Gasteiger charge is 2.55. The van der Waals surface area contributed by atoms with Crippen LogP contribution in [0.1, 0.15) is 0 Å². The third kappa shape index (κ3) is 1.83. The number of carbonyl (C=O) groups excluding carboxylic acids is 1. The Morgan fingerprint density at radius 2 is 1.64 bits per heavy atom. The van der Waals surface area contributed by atoms with Crippen LogP contribution in [-0.4, -0.2) is 24.2 Å². The normalized spacial score (nSPS) is 23.4. The summed E-state index contributed by atoms with van der Waals surface area (Å²) in [5.74, 6) is -2.11. The van der Waals surface area contributed by atoms with E-state index < -0.39 is 29.8 Å². The Bertz CT molecular complexity index is 288. The van der Waals surface area contributed by atoms with E-state index in [4.69, 9.17) is 0 Å². The summed E-state index contributed by atoms with van der Waals surface area (Å²) >= 11 is 0. The van der Waals surface area contributed by atoms with E-state index in [0.29, 0.717) is 0 Å². The van der Waals surface area contributed by atoms with Gasteiger partial charge in [0, 0.05) is 0 Å². The number of alkyl halides is 6. The molecule has 0 spiro atoms. The van der Waals surface area contributed by atoms with Crippen LogP contribution in [0.2, 0.25) is 0 Å². The van der Waals surface area contributed by atoms with Crippen molar-refractivity contribution in [1.82, 2.24) is 5.32 Å². The quantitative estimate of drug-likeness (QED) is 0.563. The number of ketones is 1.